The number of nitrogens with zero attached hydrogens (tertiary/aromatic N) is 1. The number of rotatable bonds is 0. The quantitative estimate of drug-likeness (QED) is 0.779. The van der Waals surface area contributed by atoms with Crippen molar-refractivity contribution in [2.24, 2.45) is 0 Å². The van der Waals surface area contributed by atoms with E-state index in [0.29, 0.717) is 5.52 Å². The molecule has 0 aliphatic rings. The first-order valence-corrected chi connectivity index (χ1v) is 3.40. The molecule has 1 aromatic heterocycles. The molecule has 1 aromatic carbocycles. The minimum absolute atomic E-state index is 0. The molecule has 0 aliphatic heterocycles. The van der Waals surface area contributed by atoms with Crippen LogP contribution in [0.1, 0.15) is 0 Å². The molecule has 3 heteroatoms. The largest absolute Gasteiger partial charge is 0.506 e. The zero-order valence-corrected chi connectivity index (χ0v) is 9.73. The number of para-hydroxylation sites is 1. The van der Waals surface area contributed by atoms with Crippen LogP contribution in [0.2, 0.25) is 0 Å². The van der Waals surface area contributed by atoms with Crippen molar-refractivity contribution < 1.29 is 5.11 Å². The number of aromatic hydroxyl groups is 1. The summed E-state index contributed by atoms with van der Waals surface area (Å²) in [5.74, 6) is 0.239. The Morgan fingerprint density at radius 3 is 2.58 bits per heavy atom. The third-order valence-electron chi connectivity index (χ3n) is 1.61. The maximum Gasteiger partial charge on any atom is 0.141 e. The van der Waals surface area contributed by atoms with E-state index in [1.165, 1.54) is 0 Å². The summed E-state index contributed by atoms with van der Waals surface area (Å²) in [4.78, 5) is 4.03. The average molecular weight is 260 g/mol. The van der Waals surface area contributed by atoms with Crippen LogP contribution in [0.3, 0.4) is 0 Å². The second-order valence-corrected chi connectivity index (χ2v) is 2.35. The van der Waals surface area contributed by atoms with Gasteiger partial charge >= 0.3 is 0 Å². The van der Waals surface area contributed by atoms with Crippen molar-refractivity contribution in [2.75, 3.05) is 0 Å². The van der Waals surface area contributed by atoms with E-state index in [1.807, 2.05) is 18.2 Å². The normalized spacial score (nSPS) is 9.33. The van der Waals surface area contributed by atoms with E-state index in [0.717, 1.165) is 5.39 Å². The number of aromatic nitrogens is 1. The van der Waals surface area contributed by atoms with Gasteiger partial charge in [-0.25, -0.2) is 0 Å². The van der Waals surface area contributed by atoms with Gasteiger partial charge in [-0.3, -0.25) is 4.98 Å². The third-order valence-corrected chi connectivity index (χ3v) is 1.61. The first-order valence-electron chi connectivity index (χ1n) is 3.40. The van der Waals surface area contributed by atoms with Gasteiger partial charge in [0.25, 0.3) is 0 Å². The van der Waals surface area contributed by atoms with Gasteiger partial charge in [-0.1, -0.05) is 18.2 Å². The summed E-state index contributed by atoms with van der Waals surface area (Å²) in [5.41, 5.74) is 0.662. The number of fused-ring (bicyclic) bond motifs is 1. The molecule has 0 atom stereocenters. The van der Waals surface area contributed by atoms with Crippen molar-refractivity contribution in [3.63, 3.8) is 0 Å². The van der Waals surface area contributed by atoms with E-state index in [1.54, 1.807) is 18.3 Å². The van der Waals surface area contributed by atoms with Crippen molar-refractivity contribution in [3.05, 3.63) is 36.5 Å². The Bertz CT molecular complexity index is 384. The van der Waals surface area contributed by atoms with Crippen LogP contribution < -0.4 is 0 Å². The summed E-state index contributed by atoms with van der Waals surface area (Å²) in [6.45, 7) is 0. The number of pyridine rings is 1. The van der Waals surface area contributed by atoms with Crippen molar-refractivity contribution in [1.29, 1.82) is 0 Å². The van der Waals surface area contributed by atoms with E-state index in [-0.39, 0.29) is 31.6 Å². The van der Waals surface area contributed by atoms with Gasteiger partial charge in [0.15, 0.2) is 0 Å². The number of phenolic OH excluding ortho intramolecular Hbond substituents is 1. The second-order valence-electron chi connectivity index (χ2n) is 2.35. The Labute approximate surface area is 89.0 Å². The molecular formula is C9H7InNO. The maximum absolute atomic E-state index is 9.31. The predicted octanol–water partition coefficient (Wildman–Crippen LogP) is 1.56. The van der Waals surface area contributed by atoms with E-state index in [2.05, 4.69) is 4.98 Å². The molecule has 12 heavy (non-hydrogen) atoms. The average Bonchev–Trinajstić information content (AvgIpc) is 2.06. The SMILES string of the molecule is Oc1cccc2cccnc12.[In]. The van der Waals surface area contributed by atoms with Crippen LogP contribution in [-0.2, 0) is 0 Å². The molecule has 0 amide bonds. The van der Waals surface area contributed by atoms with E-state index < -0.39 is 0 Å². The number of hydrogen-bond donors (Lipinski definition) is 1. The molecule has 0 aliphatic carbocycles. The summed E-state index contributed by atoms with van der Waals surface area (Å²) in [6, 6.07) is 9.13. The number of phenols is 1. The maximum atomic E-state index is 9.31. The van der Waals surface area contributed by atoms with Crippen LogP contribution in [0.4, 0.5) is 0 Å². The molecular weight excluding hydrogens is 253 g/mol. The van der Waals surface area contributed by atoms with Crippen LogP contribution in [0.15, 0.2) is 36.5 Å². The summed E-state index contributed by atoms with van der Waals surface area (Å²) in [5, 5.41) is 10.3. The van der Waals surface area contributed by atoms with Gasteiger partial charge < -0.3 is 5.11 Å². The molecule has 3 radical (unpaired) electrons. The van der Waals surface area contributed by atoms with E-state index in [4.69, 9.17) is 0 Å². The number of benzene rings is 1. The topological polar surface area (TPSA) is 33.1 Å². The first-order chi connectivity index (χ1) is 5.38. The van der Waals surface area contributed by atoms with Crippen molar-refractivity contribution >= 4 is 36.7 Å². The molecule has 2 nitrogen and oxygen atoms in total. The van der Waals surface area contributed by atoms with Crippen LogP contribution in [0.5, 0.6) is 5.75 Å². The van der Waals surface area contributed by atoms with Gasteiger partial charge in [-0.05, 0) is 12.1 Å². The second kappa shape index (κ2) is 3.81. The molecule has 2 rings (SSSR count). The van der Waals surface area contributed by atoms with Crippen LogP contribution in [0, 0.1) is 0 Å². The Kier molecular flexibility index (Phi) is 2.98. The van der Waals surface area contributed by atoms with Gasteiger partial charge in [-0.2, -0.15) is 0 Å². The molecule has 0 saturated heterocycles. The molecule has 0 spiro atoms. The predicted molar refractivity (Wildman–Crippen MR) is 49.2 cm³/mol. The van der Waals surface area contributed by atoms with Gasteiger partial charge in [0.1, 0.15) is 11.3 Å². The van der Waals surface area contributed by atoms with Crippen molar-refractivity contribution in [3.8, 4) is 5.75 Å². The van der Waals surface area contributed by atoms with E-state index >= 15 is 0 Å². The van der Waals surface area contributed by atoms with Crippen LogP contribution >= 0.6 is 0 Å². The fourth-order valence-electron chi connectivity index (χ4n) is 1.09. The van der Waals surface area contributed by atoms with E-state index in [9.17, 15) is 5.11 Å². The molecule has 2 aromatic rings. The molecule has 1 N–H and O–H groups in total. The van der Waals surface area contributed by atoms with Crippen LogP contribution in [0.25, 0.3) is 10.9 Å². The van der Waals surface area contributed by atoms with Gasteiger partial charge in [-0.15, -0.1) is 0 Å². The molecule has 57 valence electrons. The zero-order valence-electron chi connectivity index (χ0n) is 6.44. The zero-order chi connectivity index (χ0) is 7.68. The Morgan fingerprint density at radius 2 is 1.83 bits per heavy atom. The molecule has 0 unspecified atom stereocenters. The molecule has 0 saturated carbocycles. The summed E-state index contributed by atoms with van der Waals surface area (Å²) < 4.78 is 0. The minimum atomic E-state index is 0. The number of hydrogen-bond acceptors (Lipinski definition) is 2. The fraction of sp³-hybridized carbons (Fsp3) is 0. The third kappa shape index (κ3) is 1.55. The Balaban J connectivity index is 0.000000720. The fourth-order valence-corrected chi connectivity index (χ4v) is 1.09. The first kappa shape index (κ1) is 9.39. The van der Waals surface area contributed by atoms with Gasteiger partial charge in [0.05, 0.1) is 0 Å². The summed E-state index contributed by atoms with van der Waals surface area (Å²) in [6.07, 6.45) is 1.67. The summed E-state index contributed by atoms with van der Waals surface area (Å²) >= 11 is 0. The smallest absolute Gasteiger partial charge is 0.141 e. The van der Waals surface area contributed by atoms with Crippen molar-refractivity contribution in [2.45, 2.75) is 0 Å². The molecule has 1 heterocycles. The van der Waals surface area contributed by atoms with Gasteiger partial charge in [0.2, 0.25) is 0 Å². The van der Waals surface area contributed by atoms with Crippen LogP contribution in [-0.4, -0.2) is 35.9 Å². The standard InChI is InChI=1S/C9H7NO.In/c11-8-5-1-3-7-4-2-6-10-9(7)8;/h1-6,11H;. The molecule has 0 bridgehead atoms. The van der Waals surface area contributed by atoms with Gasteiger partial charge in [0, 0.05) is 37.4 Å². The van der Waals surface area contributed by atoms with Crippen molar-refractivity contribution in [1.82, 2.24) is 4.98 Å². The Morgan fingerprint density at radius 1 is 1.08 bits per heavy atom. The molecule has 0 fully saturated rings. The monoisotopic (exact) mass is 260 g/mol. The minimum Gasteiger partial charge on any atom is -0.506 e. The summed E-state index contributed by atoms with van der Waals surface area (Å²) in [7, 11) is 0. The Hall–Kier alpha value is -0.700.